The monoisotopic (exact) mass is 979 g/mol. The number of fused-ring (bicyclic) bond motifs is 12. The lowest BCUT2D eigenvalue weighted by molar-refractivity contribution is 0.332. The lowest BCUT2D eigenvalue weighted by Gasteiger charge is -2.46. The van der Waals surface area contributed by atoms with Crippen LogP contribution in [-0.4, -0.2) is 6.85 Å². The molecule has 0 amide bonds. The Morgan fingerprint density at radius 2 is 1.08 bits per heavy atom. The first-order valence-electron chi connectivity index (χ1n) is 27.5. The second kappa shape index (κ2) is 15.7. The highest BCUT2D eigenvalue weighted by Crippen LogP contribution is 2.57. The summed E-state index contributed by atoms with van der Waals surface area (Å²) in [7, 11) is 0. The standard InChI is InChI=1S/C70H67BN2O2/c1-66(2,3)45-27-31-56(49(37-45)43-22-16-13-17-23-43)72-58-40-50-47-24-18-19-25-59(47)74-64(50)61-48-29-26-44(42-20-14-12-15-21-42)36-57(48)73(46-28-30-52-53(38-46)68(6,7)33-32-67(52,4)5)71(62(58)61)65-63(72)51-39-54-55(41-60(51)75-65)70(10,11)35-34-69(54,8)9/h12-31,36-41H,32-35H2,1-11H3. The number of hydrogen-bond donors (Lipinski definition) is 0. The number of para-hydroxylation sites is 1. The first-order valence-corrected chi connectivity index (χ1v) is 27.5. The van der Waals surface area contributed by atoms with Crippen molar-refractivity contribution in [1.82, 2.24) is 0 Å². The molecule has 0 bridgehead atoms. The van der Waals surface area contributed by atoms with Crippen LogP contribution in [0.1, 0.15) is 130 Å². The average Bonchev–Trinajstić information content (AvgIpc) is 4.04. The van der Waals surface area contributed by atoms with Crippen LogP contribution >= 0.6 is 0 Å². The van der Waals surface area contributed by atoms with E-state index in [-0.39, 0.29) is 33.9 Å². The van der Waals surface area contributed by atoms with Crippen molar-refractivity contribution in [1.29, 1.82) is 0 Å². The summed E-state index contributed by atoms with van der Waals surface area (Å²) in [4.78, 5) is 5.27. The van der Waals surface area contributed by atoms with Crippen LogP contribution in [-0.2, 0) is 27.1 Å². The molecule has 0 fully saturated rings. The predicted octanol–water partition coefficient (Wildman–Crippen LogP) is 18.4. The van der Waals surface area contributed by atoms with Gasteiger partial charge in [0.1, 0.15) is 22.4 Å². The maximum Gasteiger partial charge on any atom is 0.376 e. The van der Waals surface area contributed by atoms with Crippen LogP contribution in [0.5, 0.6) is 0 Å². The molecule has 372 valence electrons. The number of nitrogens with zero attached hydrogens (tertiary/aromatic N) is 2. The van der Waals surface area contributed by atoms with Gasteiger partial charge in [-0.3, -0.25) is 0 Å². The molecule has 0 spiro atoms. The second-order valence-corrected chi connectivity index (χ2v) is 26.2. The summed E-state index contributed by atoms with van der Waals surface area (Å²) in [5.74, 6) is 0. The molecule has 0 saturated heterocycles. The summed E-state index contributed by atoms with van der Waals surface area (Å²) >= 11 is 0. The van der Waals surface area contributed by atoms with Crippen LogP contribution in [0.15, 0.2) is 167 Å². The minimum atomic E-state index is -0.366. The summed E-state index contributed by atoms with van der Waals surface area (Å²) in [6.07, 6.45) is 4.53. The van der Waals surface area contributed by atoms with Crippen molar-refractivity contribution in [2.24, 2.45) is 0 Å². The number of anilines is 5. The van der Waals surface area contributed by atoms with Crippen LogP contribution < -0.4 is 20.8 Å². The van der Waals surface area contributed by atoms with Gasteiger partial charge in [-0.1, -0.05) is 179 Å². The van der Waals surface area contributed by atoms with Gasteiger partial charge in [-0.15, -0.1) is 0 Å². The Morgan fingerprint density at radius 3 is 1.77 bits per heavy atom. The molecule has 4 heterocycles. The number of furan rings is 2. The Bertz CT molecular complexity index is 4010. The predicted molar refractivity (Wildman–Crippen MR) is 317 cm³/mol. The van der Waals surface area contributed by atoms with Crippen molar-refractivity contribution in [3.63, 3.8) is 0 Å². The molecule has 75 heavy (non-hydrogen) atoms. The SMILES string of the molecule is CC(C)(C)c1ccc(N2c3cc4c(oc5ccccc54)c4c3B(c3oc5cc6c(cc5c32)C(C)(C)CCC6(C)C)N(c2ccc3c(c2)C(C)(C)CCC3(C)C)c2cc(-c3ccccc3)ccc2-4)c(-c2ccccc2)c1. The normalized spacial score (nSPS) is 17.7. The van der Waals surface area contributed by atoms with Gasteiger partial charge in [0.05, 0.1) is 11.4 Å². The molecule has 14 rings (SSSR count). The van der Waals surface area contributed by atoms with E-state index in [1.54, 1.807) is 0 Å². The lowest BCUT2D eigenvalue weighted by Crippen LogP contribution is -2.61. The van der Waals surface area contributed by atoms with Gasteiger partial charge in [-0.05, 0) is 157 Å². The molecule has 2 aliphatic heterocycles. The number of hydrogen-bond acceptors (Lipinski definition) is 4. The quantitative estimate of drug-likeness (QED) is 0.165. The van der Waals surface area contributed by atoms with Gasteiger partial charge < -0.3 is 18.5 Å². The summed E-state index contributed by atoms with van der Waals surface area (Å²) in [6, 6.07) is 59.7. The lowest BCUT2D eigenvalue weighted by atomic mass is 9.45. The Kier molecular flexibility index (Phi) is 9.67. The van der Waals surface area contributed by atoms with Crippen molar-refractivity contribution >= 4 is 79.3 Å². The van der Waals surface area contributed by atoms with Gasteiger partial charge >= 0.3 is 6.85 Å². The smallest absolute Gasteiger partial charge is 0.376 e. The van der Waals surface area contributed by atoms with Crippen LogP contribution in [0.25, 0.3) is 66.3 Å². The van der Waals surface area contributed by atoms with Crippen LogP contribution in [0.3, 0.4) is 0 Å². The Hall–Kier alpha value is -7.24. The van der Waals surface area contributed by atoms with E-state index in [1.807, 2.05) is 0 Å². The van der Waals surface area contributed by atoms with Gasteiger partial charge in [-0.2, -0.15) is 0 Å². The van der Waals surface area contributed by atoms with E-state index >= 15 is 0 Å². The molecule has 4 nitrogen and oxygen atoms in total. The maximum atomic E-state index is 7.87. The van der Waals surface area contributed by atoms with E-state index in [1.165, 1.54) is 61.2 Å². The zero-order chi connectivity index (χ0) is 51.7. The third kappa shape index (κ3) is 6.81. The molecule has 8 aromatic carbocycles. The van der Waals surface area contributed by atoms with E-state index < -0.39 is 0 Å². The van der Waals surface area contributed by atoms with E-state index in [2.05, 4.69) is 244 Å². The molecule has 0 atom stereocenters. The minimum absolute atomic E-state index is 0.00546. The second-order valence-electron chi connectivity index (χ2n) is 26.2. The fourth-order valence-electron chi connectivity index (χ4n) is 13.9. The Balaban J connectivity index is 1.17. The van der Waals surface area contributed by atoms with Gasteiger partial charge in [0, 0.05) is 49.9 Å². The maximum absolute atomic E-state index is 7.87. The van der Waals surface area contributed by atoms with Crippen molar-refractivity contribution in [3.05, 3.63) is 186 Å². The molecule has 2 aliphatic carbocycles. The molecule has 0 radical (unpaired) electrons. The van der Waals surface area contributed by atoms with E-state index in [0.29, 0.717) is 0 Å². The zero-order valence-electron chi connectivity index (χ0n) is 45.6. The van der Waals surface area contributed by atoms with E-state index in [4.69, 9.17) is 8.83 Å². The molecule has 0 saturated carbocycles. The first kappa shape index (κ1) is 46.3. The van der Waals surface area contributed by atoms with Crippen molar-refractivity contribution in [2.45, 2.75) is 129 Å². The van der Waals surface area contributed by atoms with Gasteiger partial charge in [0.15, 0.2) is 0 Å². The summed E-state index contributed by atoms with van der Waals surface area (Å²) in [5.41, 5.74) is 24.5. The zero-order valence-corrected chi connectivity index (χ0v) is 45.6. The number of rotatable bonds is 4. The third-order valence-electron chi connectivity index (χ3n) is 18.5. The fraction of sp³-hybridized carbons (Fsp3) is 0.286. The Morgan fingerprint density at radius 1 is 0.453 bits per heavy atom. The molecular weight excluding hydrogens is 912 g/mol. The summed E-state index contributed by atoms with van der Waals surface area (Å²) in [6.45, 7) is 26.1. The van der Waals surface area contributed by atoms with Crippen LogP contribution in [0.2, 0.25) is 0 Å². The Labute approximate surface area is 443 Å². The van der Waals surface area contributed by atoms with Gasteiger partial charge in [-0.25, -0.2) is 0 Å². The molecule has 10 aromatic rings. The van der Waals surface area contributed by atoms with Crippen LogP contribution in [0, 0.1) is 0 Å². The highest BCUT2D eigenvalue weighted by atomic mass is 16.3. The molecule has 0 unspecified atom stereocenters. The fourth-order valence-corrected chi connectivity index (χ4v) is 13.9. The van der Waals surface area contributed by atoms with Crippen molar-refractivity contribution in [2.75, 3.05) is 9.71 Å². The van der Waals surface area contributed by atoms with E-state index in [0.717, 1.165) is 98.1 Å². The molecular formula is C70H67BN2O2. The van der Waals surface area contributed by atoms with E-state index in [9.17, 15) is 0 Å². The van der Waals surface area contributed by atoms with Gasteiger partial charge in [0.2, 0.25) is 0 Å². The molecule has 4 aliphatic rings. The minimum Gasteiger partial charge on any atom is -0.466 e. The van der Waals surface area contributed by atoms with Gasteiger partial charge in [0.25, 0.3) is 0 Å². The summed E-state index contributed by atoms with van der Waals surface area (Å²) in [5, 5.41) is 3.37. The van der Waals surface area contributed by atoms with Crippen molar-refractivity contribution in [3.8, 4) is 33.4 Å². The summed E-state index contributed by atoms with van der Waals surface area (Å²) < 4.78 is 15.1. The van der Waals surface area contributed by atoms with Crippen molar-refractivity contribution < 1.29 is 8.83 Å². The first-order chi connectivity index (χ1) is 35.8. The molecule has 2 aromatic heterocycles. The third-order valence-corrected chi connectivity index (χ3v) is 18.5. The average molecular weight is 979 g/mol. The highest BCUT2D eigenvalue weighted by molar-refractivity contribution is 6.93. The molecule has 0 N–H and O–H groups in total. The highest BCUT2D eigenvalue weighted by Gasteiger charge is 2.51. The molecule has 5 heteroatoms. The topological polar surface area (TPSA) is 32.8 Å². The number of benzene rings is 8. The van der Waals surface area contributed by atoms with Crippen LogP contribution in [0.4, 0.5) is 28.4 Å². The largest absolute Gasteiger partial charge is 0.466 e.